The van der Waals surface area contributed by atoms with E-state index in [0.717, 1.165) is 54.4 Å². The lowest BCUT2D eigenvalue weighted by Gasteiger charge is -2.60. The van der Waals surface area contributed by atoms with E-state index < -0.39 is 0 Å². The molecule has 5 heteroatoms. The number of hydrogen-bond acceptors (Lipinski definition) is 5. The van der Waals surface area contributed by atoms with Gasteiger partial charge >= 0.3 is 0 Å². The van der Waals surface area contributed by atoms with Gasteiger partial charge in [-0.05, 0) is 92.3 Å². The molecule has 7 atom stereocenters. The van der Waals surface area contributed by atoms with Crippen LogP contribution in [0.25, 0.3) is 0 Å². The second-order valence-electron chi connectivity index (χ2n) is 10.7. The smallest absolute Gasteiger partial charge is 0.113 e. The molecule has 32 heavy (non-hydrogen) atoms. The second-order valence-corrected chi connectivity index (χ2v) is 10.7. The van der Waals surface area contributed by atoms with E-state index >= 15 is 0 Å². The van der Waals surface area contributed by atoms with Crippen LogP contribution >= 0.6 is 0 Å². The molecule has 4 aliphatic rings. The maximum atomic E-state index is 10.5. The number of aliphatic hydroxyl groups excluding tert-OH is 2. The van der Waals surface area contributed by atoms with Crippen LogP contribution in [-0.2, 0) is 4.74 Å². The lowest BCUT2D eigenvalue weighted by molar-refractivity contribution is -0.112. The van der Waals surface area contributed by atoms with Crippen molar-refractivity contribution >= 4 is 5.71 Å². The molecule has 0 bridgehead atoms. The van der Waals surface area contributed by atoms with Crippen molar-refractivity contribution in [2.75, 3.05) is 20.8 Å². The molecule has 0 amide bonds. The highest BCUT2D eigenvalue weighted by Crippen LogP contribution is 2.65. The van der Waals surface area contributed by atoms with E-state index in [1.165, 1.54) is 38.5 Å². The maximum absolute atomic E-state index is 10.5. The lowest BCUT2D eigenvalue weighted by atomic mass is 9.45. The zero-order valence-electron chi connectivity index (χ0n) is 21.5. The maximum Gasteiger partial charge on any atom is 0.113 e. The minimum Gasteiger partial charge on any atom is -0.500 e. The summed E-state index contributed by atoms with van der Waals surface area (Å²) in [4.78, 5) is 0. The molecule has 0 aromatic heterocycles. The molecule has 4 fully saturated rings. The molecule has 4 N–H and O–H groups in total. The predicted molar refractivity (Wildman–Crippen MR) is 133 cm³/mol. The van der Waals surface area contributed by atoms with Crippen LogP contribution in [0.3, 0.4) is 0 Å². The Morgan fingerprint density at radius 1 is 1.09 bits per heavy atom. The Labute approximate surface area is 196 Å². The molecular formula is C27H50N2O3. The normalized spacial score (nSPS) is 40.4. The van der Waals surface area contributed by atoms with Crippen molar-refractivity contribution in [1.29, 1.82) is 5.41 Å². The first-order valence-electron chi connectivity index (χ1n) is 13.1. The first-order valence-corrected chi connectivity index (χ1v) is 13.1. The van der Waals surface area contributed by atoms with Crippen LogP contribution in [0.15, 0.2) is 12.0 Å². The van der Waals surface area contributed by atoms with Gasteiger partial charge in [0.15, 0.2) is 0 Å². The van der Waals surface area contributed by atoms with Gasteiger partial charge in [0.1, 0.15) is 5.76 Å². The number of methoxy groups -OCH3 is 1. The molecule has 0 spiro atoms. The van der Waals surface area contributed by atoms with Crippen molar-refractivity contribution < 1.29 is 14.9 Å². The Hall–Kier alpha value is -1.07. The van der Waals surface area contributed by atoms with E-state index in [9.17, 15) is 5.11 Å². The third-order valence-electron chi connectivity index (χ3n) is 9.40. The Balaban J connectivity index is 0.000000282. The first-order chi connectivity index (χ1) is 15.3. The topological polar surface area (TPSA) is 85.6 Å². The highest BCUT2D eigenvalue weighted by molar-refractivity contribution is 5.82. The lowest BCUT2D eigenvalue weighted by Crippen LogP contribution is -2.54. The van der Waals surface area contributed by atoms with Crippen molar-refractivity contribution in [1.82, 2.24) is 5.32 Å². The van der Waals surface area contributed by atoms with E-state index in [2.05, 4.69) is 19.2 Å². The standard InChI is InChI=1S/C19H31NO.C6H13NO2.C2H6/c1-18-9-7-13(20)11-12(18)3-4-14-15-5-6-17(21)19(15,2)10-8-16(14)18;1-7-5-6(9-2)3-4-8;1-2/h12,14-17,20-21H,3-11H2,1-2H3;5,7-8H,3-4H2,1-2H3;1-2H3/b;6-5-;/t12?,14?,15?,16?,17?,18-,19-;;/m0../s1. The second kappa shape index (κ2) is 11.9. The SMILES string of the molecule is CC.CN/C=C(/CCO)OC.C[C@]12CCC(=N)CC1CCC1C2CC[C@]2(C)C(O)CCC12. The number of fused-ring (bicyclic) bond motifs is 5. The Kier molecular flexibility index (Phi) is 10.1. The summed E-state index contributed by atoms with van der Waals surface area (Å²) >= 11 is 0. The van der Waals surface area contributed by atoms with Crippen LogP contribution in [0.5, 0.6) is 0 Å². The van der Waals surface area contributed by atoms with Gasteiger partial charge in [-0.3, -0.25) is 0 Å². The van der Waals surface area contributed by atoms with Crippen molar-refractivity contribution in [2.24, 2.45) is 34.5 Å². The summed E-state index contributed by atoms with van der Waals surface area (Å²) in [6.45, 7) is 9.05. The van der Waals surface area contributed by atoms with E-state index in [0.29, 0.717) is 11.8 Å². The van der Waals surface area contributed by atoms with Crippen LogP contribution in [0.2, 0.25) is 0 Å². The zero-order chi connectivity index (χ0) is 23.9. The van der Waals surface area contributed by atoms with Gasteiger partial charge in [-0.1, -0.05) is 27.7 Å². The Bertz CT molecular complexity index is 636. The van der Waals surface area contributed by atoms with Crippen LogP contribution in [-0.4, -0.2) is 42.8 Å². The monoisotopic (exact) mass is 450 g/mol. The molecule has 4 rings (SSSR count). The molecule has 0 aromatic carbocycles. The van der Waals surface area contributed by atoms with Crippen molar-refractivity contribution in [2.45, 2.75) is 98.0 Å². The van der Waals surface area contributed by atoms with Crippen molar-refractivity contribution in [3.63, 3.8) is 0 Å². The summed E-state index contributed by atoms with van der Waals surface area (Å²) < 4.78 is 4.87. The van der Waals surface area contributed by atoms with Crippen molar-refractivity contribution in [3.8, 4) is 0 Å². The fraction of sp³-hybridized carbons (Fsp3) is 0.889. The summed E-state index contributed by atoms with van der Waals surface area (Å²) in [5.74, 6) is 4.03. The molecule has 0 radical (unpaired) electrons. The number of rotatable bonds is 4. The molecule has 5 nitrogen and oxygen atoms in total. The summed E-state index contributed by atoms with van der Waals surface area (Å²) in [6.07, 6.45) is 13.2. The highest BCUT2D eigenvalue weighted by Gasteiger charge is 2.59. The average Bonchev–Trinajstić information content (AvgIpc) is 3.10. The molecule has 0 aromatic rings. The molecule has 186 valence electrons. The summed E-state index contributed by atoms with van der Waals surface area (Å²) in [5.41, 5.74) is 1.71. The quantitative estimate of drug-likeness (QED) is 0.425. The van der Waals surface area contributed by atoms with Gasteiger partial charge in [-0.2, -0.15) is 0 Å². The molecule has 0 heterocycles. The number of nitrogens with one attached hydrogen (secondary N) is 2. The third kappa shape index (κ3) is 5.35. The number of aliphatic hydroxyl groups is 2. The molecule has 0 saturated heterocycles. The molecule has 5 unspecified atom stereocenters. The predicted octanol–water partition coefficient (Wildman–Crippen LogP) is 5.51. The minimum absolute atomic E-state index is 0.0477. The summed E-state index contributed by atoms with van der Waals surface area (Å²) in [5, 5.41) is 29.8. The Morgan fingerprint density at radius 3 is 2.41 bits per heavy atom. The largest absolute Gasteiger partial charge is 0.500 e. The van der Waals surface area contributed by atoms with Gasteiger partial charge in [0.25, 0.3) is 0 Å². The van der Waals surface area contributed by atoms with Crippen LogP contribution < -0.4 is 5.32 Å². The van der Waals surface area contributed by atoms with Gasteiger partial charge in [0.2, 0.25) is 0 Å². The van der Waals surface area contributed by atoms with Gasteiger partial charge in [0.05, 0.1) is 19.8 Å². The van der Waals surface area contributed by atoms with E-state index in [1.807, 2.05) is 13.8 Å². The Morgan fingerprint density at radius 2 is 1.78 bits per heavy atom. The minimum atomic E-state index is -0.0477. The zero-order valence-corrected chi connectivity index (χ0v) is 21.5. The molecular weight excluding hydrogens is 400 g/mol. The average molecular weight is 451 g/mol. The summed E-state index contributed by atoms with van der Waals surface area (Å²) in [6, 6.07) is 0. The number of hydrogen-bond donors (Lipinski definition) is 4. The molecule has 0 aliphatic heterocycles. The van der Waals surface area contributed by atoms with Gasteiger partial charge in [-0.25, -0.2) is 0 Å². The van der Waals surface area contributed by atoms with Crippen molar-refractivity contribution in [3.05, 3.63) is 12.0 Å². The van der Waals surface area contributed by atoms with Gasteiger partial charge < -0.3 is 25.7 Å². The van der Waals surface area contributed by atoms with E-state index in [-0.39, 0.29) is 18.1 Å². The van der Waals surface area contributed by atoms with E-state index in [4.69, 9.17) is 15.3 Å². The van der Waals surface area contributed by atoms with Crippen LogP contribution in [0.4, 0.5) is 0 Å². The molecule has 4 aliphatic carbocycles. The van der Waals surface area contributed by atoms with Crippen LogP contribution in [0.1, 0.15) is 91.9 Å². The van der Waals surface area contributed by atoms with E-state index in [1.54, 1.807) is 20.4 Å². The molecule has 4 saturated carbocycles. The first kappa shape index (κ1) is 27.2. The summed E-state index contributed by atoms with van der Waals surface area (Å²) in [7, 11) is 3.37. The third-order valence-corrected chi connectivity index (χ3v) is 9.40. The van der Waals surface area contributed by atoms with Crippen LogP contribution in [0, 0.1) is 39.9 Å². The highest BCUT2D eigenvalue weighted by atomic mass is 16.5. The van der Waals surface area contributed by atoms with Gasteiger partial charge in [-0.15, -0.1) is 0 Å². The number of ether oxygens (including phenoxy) is 1. The van der Waals surface area contributed by atoms with Gasteiger partial charge in [0, 0.05) is 25.4 Å². The fourth-order valence-corrected chi connectivity index (χ4v) is 7.56. The fourth-order valence-electron chi connectivity index (χ4n) is 7.56.